The number of amidine groups is 1. The van der Waals surface area contributed by atoms with Crippen LogP contribution < -0.4 is 5.73 Å². The fourth-order valence-corrected chi connectivity index (χ4v) is 2.22. The fourth-order valence-electron chi connectivity index (χ4n) is 2.22. The second-order valence-electron chi connectivity index (χ2n) is 5.33. The molecule has 4 heteroatoms. The van der Waals surface area contributed by atoms with Gasteiger partial charge in [0.1, 0.15) is 5.84 Å². The van der Waals surface area contributed by atoms with E-state index in [-0.39, 0.29) is 5.41 Å². The molecule has 1 rings (SSSR count). The summed E-state index contributed by atoms with van der Waals surface area (Å²) in [5.41, 5.74) is 5.89. The Balaban J connectivity index is 2.50. The Morgan fingerprint density at radius 3 is 2.50 bits per heavy atom. The number of nitrogens with zero attached hydrogens (tertiary/aromatic N) is 2. The van der Waals surface area contributed by atoms with Gasteiger partial charge in [-0.3, -0.25) is 0 Å². The van der Waals surface area contributed by atoms with Gasteiger partial charge in [-0.25, -0.2) is 0 Å². The van der Waals surface area contributed by atoms with Gasteiger partial charge in [0.05, 0.1) is 0 Å². The van der Waals surface area contributed by atoms with Crippen molar-refractivity contribution in [2.75, 3.05) is 13.1 Å². The molecule has 0 aromatic heterocycles. The second-order valence-corrected chi connectivity index (χ2v) is 5.33. The maximum atomic E-state index is 8.62. The highest BCUT2D eigenvalue weighted by molar-refractivity contribution is 5.80. The van der Waals surface area contributed by atoms with Crippen molar-refractivity contribution < 1.29 is 5.21 Å². The second kappa shape index (κ2) is 5.53. The lowest BCUT2D eigenvalue weighted by Gasteiger charge is -2.30. The Labute approximate surface area is 98.5 Å². The molecule has 0 bridgehead atoms. The first-order valence-electron chi connectivity index (χ1n) is 6.23. The molecule has 0 spiro atoms. The predicted molar refractivity (Wildman–Crippen MR) is 66.7 cm³/mol. The third kappa shape index (κ3) is 3.67. The van der Waals surface area contributed by atoms with Crippen LogP contribution >= 0.6 is 0 Å². The highest BCUT2D eigenvalue weighted by Gasteiger charge is 2.44. The molecule has 0 heterocycles. The minimum absolute atomic E-state index is 0.287. The summed E-state index contributed by atoms with van der Waals surface area (Å²) in [5.74, 6) is 0.373. The largest absolute Gasteiger partial charge is 0.409 e. The Hall–Kier alpha value is -0.770. The monoisotopic (exact) mass is 227 g/mol. The third-order valence-corrected chi connectivity index (χ3v) is 3.42. The molecule has 1 aliphatic rings. The van der Waals surface area contributed by atoms with Gasteiger partial charge < -0.3 is 15.8 Å². The van der Waals surface area contributed by atoms with Crippen LogP contribution in [0.1, 0.15) is 46.5 Å². The van der Waals surface area contributed by atoms with Crippen LogP contribution in [0.15, 0.2) is 5.16 Å². The molecule has 0 saturated heterocycles. The van der Waals surface area contributed by atoms with E-state index in [2.05, 4.69) is 30.8 Å². The molecule has 0 aliphatic heterocycles. The lowest BCUT2D eigenvalue weighted by Crippen LogP contribution is -2.38. The van der Waals surface area contributed by atoms with Crippen molar-refractivity contribution in [3.8, 4) is 0 Å². The molecule has 0 unspecified atom stereocenters. The summed E-state index contributed by atoms with van der Waals surface area (Å²) in [6.07, 6.45) is 4.32. The van der Waals surface area contributed by atoms with Crippen molar-refractivity contribution in [1.82, 2.24) is 4.90 Å². The van der Waals surface area contributed by atoms with Gasteiger partial charge in [0.2, 0.25) is 0 Å². The van der Waals surface area contributed by atoms with Crippen LogP contribution in [0, 0.1) is 5.41 Å². The van der Waals surface area contributed by atoms with Crippen molar-refractivity contribution in [3.05, 3.63) is 0 Å². The normalized spacial score (nSPS) is 19.4. The maximum absolute atomic E-state index is 8.62. The van der Waals surface area contributed by atoms with Gasteiger partial charge in [0.25, 0.3) is 0 Å². The molecular weight excluding hydrogens is 202 g/mol. The van der Waals surface area contributed by atoms with Gasteiger partial charge in [0, 0.05) is 19.0 Å². The van der Waals surface area contributed by atoms with Crippen molar-refractivity contribution in [2.45, 2.75) is 52.5 Å². The Bertz CT molecular complexity index is 247. The zero-order chi connectivity index (χ0) is 12.2. The topological polar surface area (TPSA) is 61.8 Å². The van der Waals surface area contributed by atoms with Gasteiger partial charge in [-0.2, -0.15) is 0 Å². The van der Waals surface area contributed by atoms with E-state index in [4.69, 9.17) is 10.9 Å². The molecule has 94 valence electrons. The SMILES string of the molecule is CCCN(CC1(CC(N)=NO)CC1)C(C)C. The first-order valence-corrected chi connectivity index (χ1v) is 6.23. The van der Waals surface area contributed by atoms with E-state index in [0.717, 1.165) is 19.5 Å². The number of hydrogen-bond acceptors (Lipinski definition) is 3. The van der Waals surface area contributed by atoms with Crippen LogP contribution in [-0.2, 0) is 0 Å². The average molecular weight is 227 g/mol. The summed E-state index contributed by atoms with van der Waals surface area (Å²) in [6, 6.07) is 0.574. The maximum Gasteiger partial charge on any atom is 0.139 e. The third-order valence-electron chi connectivity index (χ3n) is 3.42. The minimum atomic E-state index is 0.287. The zero-order valence-corrected chi connectivity index (χ0v) is 10.7. The molecule has 16 heavy (non-hydrogen) atoms. The number of oxime groups is 1. The molecule has 0 aromatic rings. The summed E-state index contributed by atoms with van der Waals surface area (Å²) >= 11 is 0. The van der Waals surface area contributed by atoms with Gasteiger partial charge in [-0.05, 0) is 45.1 Å². The van der Waals surface area contributed by atoms with Crippen LogP contribution in [0.3, 0.4) is 0 Å². The molecule has 1 saturated carbocycles. The van der Waals surface area contributed by atoms with Crippen LogP contribution in [0.4, 0.5) is 0 Å². The van der Waals surface area contributed by atoms with E-state index in [9.17, 15) is 0 Å². The number of rotatable bonds is 7. The van der Waals surface area contributed by atoms with Crippen molar-refractivity contribution in [2.24, 2.45) is 16.3 Å². The standard InChI is InChI=1S/C12H25N3O/c1-4-7-15(10(2)3)9-12(5-6-12)8-11(13)14-16/h10,16H,4-9H2,1-3H3,(H2,13,14). The summed E-state index contributed by atoms with van der Waals surface area (Å²) in [7, 11) is 0. The smallest absolute Gasteiger partial charge is 0.139 e. The minimum Gasteiger partial charge on any atom is -0.409 e. The van der Waals surface area contributed by atoms with Crippen LogP contribution in [0.25, 0.3) is 0 Å². The molecule has 1 aliphatic carbocycles. The van der Waals surface area contributed by atoms with Crippen LogP contribution in [0.5, 0.6) is 0 Å². The summed E-state index contributed by atoms with van der Waals surface area (Å²) in [5, 5.41) is 11.7. The van der Waals surface area contributed by atoms with E-state index < -0.39 is 0 Å². The molecule has 0 amide bonds. The van der Waals surface area contributed by atoms with Gasteiger partial charge in [0.15, 0.2) is 0 Å². The van der Waals surface area contributed by atoms with Crippen molar-refractivity contribution >= 4 is 5.84 Å². The lowest BCUT2D eigenvalue weighted by atomic mass is 10.00. The van der Waals surface area contributed by atoms with E-state index in [1.54, 1.807) is 0 Å². The molecule has 1 fully saturated rings. The predicted octanol–water partition coefficient (Wildman–Crippen LogP) is 2.02. The van der Waals surface area contributed by atoms with Gasteiger partial charge in [-0.15, -0.1) is 0 Å². The average Bonchev–Trinajstić information content (AvgIpc) is 2.97. The van der Waals surface area contributed by atoms with Crippen LogP contribution in [-0.4, -0.2) is 35.1 Å². The summed E-state index contributed by atoms with van der Waals surface area (Å²) in [4.78, 5) is 2.50. The van der Waals surface area contributed by atoms with Crippen LogP contribution in [0.2, 0.25) is 0 Å². The van der Waals surface area contributed by atoms with Gasteiger partial charge >= 0.3 is 0 Å². The number of nitrogens with two attached hydrogens (primary N) is 1. The van der Waals surface area contributed by atoms with E-state index in [1.807, 2.05) is 0 Å². The van der Waals surface area contributed by atoms with E-state index in [1.165, 1.54) is 19.3 Å². The Kier molecular flexibility index (Phi) is 4.59. The fraction of sp³-hybridized carbons (Fsp3) is 0.917. The molecule has 4 nitrogen and oxygen atoms in total. The first kappa shape index (κ1) is 13.3. The molecule has 0 aromatic carbocycles. The molecule has 0 radical (unpaired) electrons. The molecular formula is C12H25N3O. The highest BCUT2D eigenvalue weighted by atomic mass is 16.4. The quantitative estimate of drug-likeness (QED) is 0.303. The summed E-state index contributed by atoms with van der Waals surface area (Å²) in [6.45, 7) is 8.88. The van der Waals surface area contributed by atoms with E-state index >= 15 is 0 Å². The highest BCUT2D eigenvalue weighted by Crippen LogP contribution is 2.49. The lowest BCUT2D eigenvalue weighted by molar-refractivity contribution is 0.179. The van der Waals surface area contributed by atoms with Crippen molar-refractivity contribution in [1.29, 1.82) is 0 Å². The van der Waals surface area contributed by atoms with Crippen molar-refractivity contribution in [3.63, 3.8) is 0 Å². The van der Waals surface area contributed by atoms with E-state index in [0.29, 0.717) is 11.9 Å². The summed E-state index contributed by atoms with van der Waals surface area (Å²) < 4.78 is 0. The van der Waals surface area contributed by atoms with Gasteiger partial charge in [-0.1, -0.05) is 12.1 Å². The Morgan fingerprint density at radius 1 is 1.50 bits per heavy atom. The molecule has 3 N–H and O–H groups in total. The Morgan fingerprint density at radius 2 is 2.12 bits per heavy atom. The zero-order valence-electron chi connectivity index (χ0n) is 10.7. The first-order chi connectivity index (χ1) is 7.53. The molecule has 0 atom stereocenters. The number of hydrogen-bond donors (Lipinski definition) is 2.